The number of aliphatic hydroxyl groups is 1. The summed E-state index contributed by atoms with van der Waals surface area (Å²) in [4.78, 5) is 45.2. The lowest BCUT2D eigenvalue weighted by Gasteiger charge is -2.47. The van der Waals surface area contributed by atoms with Gasteiger partial charge in [0.2, 0.25) is 5.91 Å². The third-order valence-electron chi connectivity index (χ3n) is 12.1. The molecule has 4 atom stereocenters. The average molecular weight is 743 g/mol. The molecule has 2 aromatic carbocycles. The van der Waals surface area contributed by atoms with Crippen LogP contribution >= 0.6 is 11.6 Å². The van der Waals surface area contributed by atoms with E-state index in [9.17, 15) is 19.5 Å². The van der Waals surface area contributed by atoms with Gasteiger partial charge in [0, 0.05) is 63.6 Å². The molecule has 280 valence electrons. The topological polar surface area (TPSA) is 154 Å². The molecule has 6 heterocycles. The molecule has 14 nitrogen and oxygen atoms in total. The number of hydrogen-bond donors (Lipinski definition) is 3. The molecule has 2 aromatic heterocycles. The summed E-state index contributed by atoms with van der Waals surface area (Å²) >= 11 is 6.33. The fourth-order valence-electron chi connectivity index (χ4n) is 8.86. The molecule has 1 spiro atoms. The van der Waals surface area contributed by atoms with E-state index in [0.717, 1.165) is 93.7 Å². The van der Waals surface area contributed by atoms with Crippen molar-refractivity contribution in [3.63, 3.8) is 0 Å². The van der Waals surface area contributed by atoms with Crippen molar-refractivity contribution in [2.24, 2.45) is 12.5 Å². The predicted molar refractivity (Wildman–Crippen MR) is 202 cm³/mol. The van der Waals surface area contributed by atoms with Crippen molar-refractivity contribution in [3.05, 3.63) is 75.2 Å². The molecule has 15 heteroatoms. The monoisotopic (exact) mass is 742 g/mol. The van der Waals surface area contributed by atoms with Crippen LogP contribution in [0.5, 0.6) is 0 Å². The third kappa shape index (κ3) is 7.11. The Bertz CT molecular complexity index is 2050. The summed E-state index contributed by atoms with van der Waals surface area (Å²) in [5.74, 6) is 0.127. The number of carbonyl (C=O) groups is 2. The van der Waals surface area contributed by atoms with E-state index in [0.29, 0.717) is 18.5 Å². The van der Waals surface area contributed by atoms with Gasteiger partial charge in [0.15, 0.2) is 0 Å². The second-order valence-corrected chi connectivity index (χ2v) is 15.9. The van der Waals surface area contributed by atoms with Crippen molar-refractivity contribution in [3.8, 4) is 0 Å². The van der Waals surface area contributed by atoms with E-state index in [1.54, 1.807) is 17.9 Å². The van der Waals surface area contributed by atoms with E-state index in [1.807, 2.05) is 23.1 Å². The molecule has 2 unspecified atom stereocenters. The van der Waals surface area contributed by atoms with Gasteiger partial charge in [-0.2, -0.15) is 5.10 Å². The summed E-state index contributed by atoms with van der Waals surface area (Å²) in [6.45, 7) is 5.10. The summed E-state index contributed by atoms with van der Waals surface area (Å²) < 4.78 is 2.92. The Labute approximate surface area is 313 Å². The SMILES string of the molecule is CN1C[C@H](Nc2cnn(C)c(=O)c2Cl)C[C@H](c2ccc(C(=O)N3CCC4(CC3)CCN(c3ccc5nnn(C6CCC(O)NC6=O)c5c3)CC4)cc2)C1. The van der Waals surface area contributed by atoms with Crippen molar-refractivity contribution in [1.29, 1.82) is 0 Å². The average Bonchev–Trinajstić information content (AvgIpc) is 3.58. The zero-order chi connectivity index (χ0) is 36.9. The minimum absolute atomic E-state index is 0.0941. The molecule has 0 radical (unpaired) electrons. The number of amides is 2. The van der Waals surface area contributed by atoms with Gasteiger partial charge in [0.05, 0.1) is 17.4 Å². The van der Waals surface area contributed by atoms with Gasteiger partial charge in [0.1, 0.15) is 22.8 Å². The number of anilines is 2. The van der Waals surface area contributed by atoms with Crippen molar-refractivity contribution < 1.29 is 14.7 Å². The molecule has 4 aromatic rings. The highest BCUT2D eigenvalue weighted by molar-refractivity contribution is 6.32. The largest absolute Gasteiger partial charge is 0.378 e. The third-order valence-corrected chi connectivity index (χ3v) is 12.4. The van der Waals surface area contributed by atoms with E-state index >= 15 is 0 Å². The number of aryl methyl sites for hydroxylation is 1. The number of fused-ring (bicyclic) bond motifs is 1. The van der Waals surface area contributed by atoms with E-state index in [2.05, 4.69) is 67.2 Å². The first-order valence-corrected chi connectivity index (χ1v) is 19.1. The van der Waals surface area contributed by atoms with Gasteiger partial charge < -0.3 is 30.4 Å². The number of halogens is 1. The Morgan fingerprint density at radius 1 is 0.981 bits per heavy atom. The minimum atomic E-state index is -0.811. The molecule has 53 heavy (non-hydrogen) atoms. The van der Waals surface area contributed by atoms with Crippen molar-refractivity contribution in [2.45, 2.75) is 69.2 Å². The van der Waals surface area contributed by atoms with Crippen LogP contribution < -0.4 is 21.1 Å². The number of nitrogens with one attached hydrogen (secondary N) is 2. The standard InChI is InChI=1S/C38H47ClN10O4/c1-45-22-26(19-27(23-45)41-30-21-40-46(2)37(53)34(30)39)24-3-5-25(6-4-24)36(52)48-17-13-38(14-18-48)11-15-47(16-12-38)28-7-8-29-32(20-28)49(44-43-29)31-9-10-33(50)42-35(31)51/h3-8,20-21,26-27,31,33,41,50H,9-19,22-23H2,1-2H3,(H,42,51)/t26-,27+,31?,33?/m0/s1. The zero-order valence-electron chi connectivity index (χ0n) is 30.2. The first-order chi connectivity index (χ1) is 25.6. The van der Waals surface area contributed by atoms with Gasteiger partial charge in [-0.15, -0.1) is 5.10 Å². The smallest absolute Gasteiger partial charge is 0.287 e. The number of likely N-dealkylation sites (tertiary alicyclic amines) is 2. The second kappa shape index (κ2) is 14.4. The molecule has 0 saturated carbocycles. The Hall–Kier alpha value is -4.53. The number of likely N-dealkylation sites (N-methyl/N-ethyl adjacent to an activating group) is 1. The van der Waals surface area contributed by atoms with Gasteiger partial charge >= 0.3 is 0 Å². The lowest BCUT2D eigenvalue weighted by Crippen LogP contribution is -2.48. The number of hydrogen-bond acceptors (Lipinski definition) is 10. The highest BCUT2D eigenvalue weighted by Crippen LogP contribution is 2.43. The Morgan fingerprint density at radius 2 is 1.72 bits per heavy atom. The molecule has 4 fully saturated rings. The van der Waals surface area contributed by atoms with Gasteiger partial charge in [-0.3, -0.25) is 14.4 Å². The van der Waals surface area contributed by atoms with Crippen LogP contribution in [0.4, 0.5) is 11.4 Å². The maximum Gasteiger partial charge on any atom is 0.287 e. The van der Waals surface area contributed by atoms with E-state index in [1.165, 1.54) is 10.2 Å². The van der Waals surface area contributed by atoms with Gasteiger partial charge in [-0.1, -0.05) is 28.9 Å². The number of benzene rings is 2. The minimum Gasteiger partial charge on any atom is -0.378 e. The normalized spacial score (nSPS) is 25.1. The molecular formula is C38H47ClN10O4. The van der Waals surface area contributed by atoms with Gasteiger partial charge in [-0.25, -0.2) is 9.36 Å². The molecule has 4 aliphatic rings. The van der Waals surface area contributed by atoms with E-state index in [-0.39, 0.29) is 39.8 Å². The predicted octanol–water partition coefficient (Wildman–Crippen LogP) is 3.37. The lowest BCUT2D eigenvalue weighted by molar-refractivity contribution is -0.130. The van der Waals surface area contributed by atoms with Crippen LogP contribution in [-0.2, 0) is 11.8 Å². The van der Waals surface area contributed by atoms with Crippen LogP contribution in [0, 0.1) is 5.41 Å². The number of aromatic nitrogens is 5. The molecular weight excluding hydrogens is 696 g/mol. The summed E-state index contributed by atoms with van der Waals surface area (Å²) in [5.41, 5.74) is 5.05. The van der Waals surface area contributed by atoms with Gasteiger partial charge in [-0.05, 0) is 99.2 Å². The maximum atomic E-state index is 13.7. The van der Waals surface area contributed by atoms with E-state index in [4.69, 9.17) is 11.6 Å². The van der Waals surface area contributed by atoms with Gasteiger partial charge in [0.25, 0.3) is 11.5 Å². The number of carbonyl (C=O) groups excluding carboxylic acids is 2. The van der Waals surface area contributed by atoms with Crippen molar-refractivity contribution in [2.75, 3.05) is 56.5 Å². The van der Waals surface area contributed by atoms with E-state index < -0.39 is 12.3 Å². The molecule has 8 rings (SSSR count). The van der Waals surface area contributed by atoms with Crippen LogP contribution in [0.1, 0.15) is 72.8 Å². The Kier molecular flexibility index (Phi) is 9.62. The number of nitrogens with zero attached hydrogens (tertiary/aromatic N) is 8. The quantitative estimate of drug-likeness (QED) is 0.268. The summed E-state index contributed by atoms with van der Waals surface area (Å²) in [5, 5.41) is 28.7. The molecule has 0 aliphatic carbocycles. The summed E-state index contributed by atoms with van der Waals surface area (Å²) in [6.07, 6.45) is 6.79. The molecule has 4 aliphatic heterocycles. The number of rotatable bonds is 6. The highest BCUT2D eigenvalue weighted by atomic mass is 35.5. The van der Waals surface area contributed by atoms with Crippen LogP contribution in [0.25, 0.3) is 11.0 Å². The lowest BCUT2D eigenvalue weighted by atomic mass is 9.71. The summed E-state index contributed by atoms with van der Waals surface area (Å²) in [7, 11) is 3.68. The number of piperidine rings is 4. The first-order valence-electron chi connectivity index (χ1n) is 18.7. The van der Waals surface area contributed by atoms with Crippen molar-refractivity contribution in [1.82, 2.24) is 39.9 Å². The maximum absolute atomic E-state index is 13.7. The highest BCUT2D eigenvalue weighted by Gasteiger charge is 2.39. The first kappa shape index (κ1) is 35.5. The Morgan fingerprint density at radius 3 is 2.45 bits per heavy atom. The molecule has 2 amide bonds. The Balaban J connectivity index is 0.852. The summed E-state index contributed by atoms with van der Waals surface area (Å²) in [6, 6.07) is 13.9. The fraction of sp³-hybridized carbons (Fsp3) is 0.526. The van der Waals surface area contributed by atoms with Crippen LogP contribution in [0.3, 0.4) is 0 Å². The van der Waals surface area contributed by atoms with Crippen LogP contribution in [0.2, 0.25) is 5.02 Å². The molecule has 0 bridgehead atoms. The number of aliphatic hydroxyl groups excluding tert-OH is 1. The second-order valence-electron chi connectivity index (χ2n) is 15.5. The fourth-order valence-corrected chi connectivity index (χ4v) is 9.09. The van der Waals surface area contributed by atoms with Crippen LogP contribution in [-0.4, -0.2) is 110 Å². The van der Waals surface area contributed by atoms with Crippen molar-refractivity contribution >= 4 is 45.8 Å². The van der Waals surface area contributed by atoms with Crippen LogP contribution in [0.15, 0.2) is 53.5 Å². The molecule has 4 saturated heterocycles. The molecule has 3 N–H and O–H groups in total. The zero-order valence-corrected chi connectivity index (χ0v) is 31.0.